The first kappa shape index (κ1) is 16.4. The van der Waals surface area contributed by atoms with E-state index >= 15 is 0 Å². The smallest absolute Gasteiger partial charge is 0.272 e. The molecule has 6 nitrogen and oxygen atoms in total. The van der Waals surface area contributed by atoms with Crippen LogP contribution in [0.2, 0.25) is 0 Å². The molecule has 0 aliphatic heterocycles. The second-order valence-electron chi connectivity index (χ2n) is 6.33. The van der Waals surface area contributed by atoms with Crippen molar-refractivity contribution in [3.05, 3.63) is 60.2 Å². The summed E-state index contributed by atoms with van der Waals surface area (Å²) in [6.07, 6.45) is 4.26. The molecule has 0 atom stereocenters. The molecule has 0 spiro atoms. The zero-order valence-corrected chi connectivity index (χ0v) is 14.6. The molecule has 4 rings (SSSR count). The summed E-state index contributed by atoms with van der Waals surface area (Å²) >= 11 is 0. The predicted molar refractivity (Wildman–Crippen MR) is 98.0 cm³/mol. The largest absolute Gasteiger partial charge is 0.497 e. The monoisotopic (exact) mass is 351 g/mol. The third-order valence-electron chi connectivity index (χ3n) is 4.45. The van der Waals surface area contributed by atoms with Gasteiger partial charge in [-0.05, 0) is 49.2 Å². The first-order valence-corrected chi connectivity index (χ1v) is 8.78. The highest BCUT2D eigenvalue weighted by molar-refractivity contribution is 5.99. The quantitative estimate of drug-likeness (QED) is 0.665. The molecule has 3 aromatic rings. The first-order valence-electron chi connectivity index (χ1n) is 8.78. The van der Waals surface area contributed by atoms with Crippen molar-refractivity contribution in [1.29, 1.82) is 0 Å². The Kier molecular flexibility index (Phi) is 4.48. The standard InChI is InChI=1S/C20H21N3O3/c1-25-15-7-9-16(10-8-15)26-13-11-21-20(24)18-17-4-2-3-12-23(17)19(22-18)14-5-6-14/h2-4,7-10,12,14H,5-6,11,13H2,1H3,(H,21,24). The van der Waals surface area contributed by atoms with Gasteiger partial charge in [-0.25, -0.2) is 4.98 Å². The third kappa shape index (κ3) is 3.35. The Morgan fingerprint density at radius 3 is 2.69 bits per heavy atom. The summed E-state index contributed by atoms with van der Waals surface area (Å²) in [4.78, 5) is 17.2. The number of nitrogens with one attached hydrogen (secondary N) is 1. The van der Waals surface area contributed by atoms with Gasteiger partial charge in [-0.1, -0.05) is 6.07 Å². The van der Waals surface area contributed by atoms with Crippen molar-refractivity contribution in [3.8, 4) is 11.5 Å². The maximum absolute atomic E-state index is 12.6. The number of amides is 1. The number of carbonyl (C=O) groups excluding carboxylic acids is 1. The fourth-order valence-electron chi connectivity index (χ4n) is 2.95. The van der Waals surface area contributed by atoms with Crippen LogP contribution in [0.4, 0.5) is 0 Å². The Balaban J connectivity index is 1.37. The Labute approximate surface area is 151 Å². The van der Waals surface area contributed by atoms with Crippen LogP contribution >= 0.6 is 0 Å². The SMILES string of the molecule is COc1ccc(OCCNC(=O)c2nc(C3CC3)n3ccccc23)cc1. The van der Waals surface area contributed by atoms with Crippen molar-refractivity contribution in [2.75, 3.05) is 20.3 Å². The molecule has 134 valence electrons. The van der Waals surface area contributed by atoms with E-state index in [4.69, 9.17) is 9.47 Å². The zero-order valence-electron chi connectivity index (χ0n) is 14.6. The number of methoxy groups -OCH3 is 1. The lowest BCUT2D eigenvalue weighted by Crippen LogP contribution is -2.28. The maximum atomic E-state index is 12.6. The van der Waals surface area contributed by atoms with Gasteiger partial charge in [0, 0.05) is 12.1 Å². The van der Waals surface area contributed by atoms with Crippen LogP contribution in [0.1, 0.15) is 35.1 Å². The lowest BCUT2D eigenvalue weighted by Gasteiger charge is -2.08. The van der Waals surface area contributed by atoms with Crippen molar-refractivity contribution in [1.82, 2.24) is 14.7 Å². The predicted octanol–water partition coefficient (Wildman–Crippen LogP) is 3.03. The van der Waals surface area contributed by atoms with Crippen LogP contribution in [0, 0.1) is 0 Å². The highest BCUT2D eigenvalue weighted by atomic mass is 16.5. The number of hydrogen-bond acceptors (Lipinski definition) is 4. The lowest BCUT2D eigenvalue weighted by atomic mass is 10.3. The minimum Gasteiger partial charge on any atom is -0.497 e. The summed E-state index contributed by atoms with van der Waals surface area (Å²) in [5.74, 6) is 2.82. The number of carbonyl (C=O) groups is 1. The van der Waals surface area contributed by atoms with E-state index in [1.165, 1.54) is 0 Å². The van der Waals surface area contributed by atoms with E-state index in [0.29, 0.717) is 24.8 Å². The van der Waals surface area contributed by atoms with Gasteiger partial charge in [0.2, 0.25) is 0 Å². The first-order chi connectivity index (χ1) is 12.8. The number of benzene rings is 1. The van der Waals surface area contributed by atoms with E-state index in [0.717, 1.165) is 35.7 Å². The number of fused-ring (bicyclic) bond motifs is 1. The van der Waals surface area contributed by atoms with E-state index < -0.39 is 0 Å². The summed E-state index contributed by atoms with van der Waals surface area (Å²) in [5.41, 5.74) is 1.33. The van der Waals surface area contributed by atoms with Crippen LogP contribution in [-0.4, -0.2) is 35.6 Å². The van der Waals surface area contributed by atoms with Gasteiger partial charge in [-0.15, -0.1) is 0 Å². The Morgan fingerprint density at radius 2 is 1.96 bits per heavy atom. The second-order valence-corrected chi connectivity index (χ2v) is 6.33. The number of hydrogen-bond donors (Lipinski definition) is 1. The van der Waals surface area contributed by atoms with E-state index in [-0.39, 0.29) is 5.91 Å². The van der Waals surface area contributed by atoms with Gasteiger partial charge in [-0.2, -0.15) is 0 Å². The van der Waals surface area contributed by atoms with Crippen molar-refractivity contribution in [3.63, 3.8) is 0 Å². The normalized spacial score (nSPS) is 13.6. The van der Waals surface area contributed by atoms with Gasteiger partial charge < -0.3 is 19.2 Å². The van der Waals surface area contributed by atoms with Crippen molar-refractivity contribution >= 4 is 11.4 Å². The molecule has 0 bridgehead atoms. The summed E-state index contributed by atoms with van der Waals surface area (Å²) in [6, 6.07) is 13.2. The number of rotatable bonds is 7. The van der Waals surface area contributed by atoms with E-state index in [2.05, 4.69) is 10.3 Å². The average Bonchev–Trinajstić information content (AvgIpc) is 3.46. The molecule has 2 heterocycles. The molecule has 1 fully saturated rings. The molecule has 1 aromatic carbocycles. The van der Waals surface area contributed by atoms with E-state index in [1.807, 2.05) is 53.1 Å². The number of imidazole rings is 1. The fourth-order valence-corrected chi connectivity index (χ4v) is 2.95. The molecule has 6 heteroatoms. The zero-order chi connectivity index (χ0) is 17.9. The molecule has 2 aromatic heterocycles. The molecule has 1 amide bonds. The minimum atomic E-state index is -0.168. The molecule has 0 unspecified atom stereocenters. The number of pyridine rings is 1. The van der Waals surface area contributed by atoms with Crippen molar-refractivity contribution in [2.45, 2.75) is 18.8 Å². The lowest BCUT2D eigenvalue weighted by molar-refractivity contribution is 0.0944. The van der Waals surface area contributed by atoms with Crippen LogP contribution < -0.4 is 14.8 Å². The minimum absolute atomic E-state index is 0.168. The van der Waals surface area contributed by atoms with Crippen molar-refractivity contribution in [2.24, 2.45) is 0 Å². The Bertz CT molecular complexity index is 914. The molecular formula is C20H21N3O3. The van der Waals surface area contributed by atoms with Crippen LogP contribution in [0.15, 0.2) is 48.7 Å². The van der Waals surface area contributed by atoms with Crippen LogP contribution in [0.3, 0.4) is 0 Å². The second kappa shape index (κ2) is 7.07. The van der Waals surface area contributed by atoms with Gasteiger partial charge in [0.15, 0.2) is 5.69 Å². The molecule has 1 N–H and O–H groups in total. The summed E-state index contributed by atoms with van der Waals surface area (Å²) in [7, 11) is 1.62. The fraction of sp³-hybridized carbons (Fsp3) is 0.300. The number of ether oxygens (including phenoxy) is 2. The topological polar surface area (TPSA) is 64.9 Å². The van der Waals surface area contributed by atoms with Gasteiger partial charge in [0.1, 0.15) is 23.9 Å². The Hall–Kier alpha value is -3.02. The van der Waals surface area contributed by atoms with Crippen LogP contribution in [0.25, 0.3) is 5.52 Å². The summed E-state index contributed by atoms with van der Waals surface area (Å²) < 4.78 is 12.8. The summed E-state index contributed by atoms with van der Waals surface area (Å²) in [5, 5.41) is 2.89. The van der Waals surface area contributed by atoms with Crippen LogP contribution in [0.5, 0.6) is 11.5 Å². The van der Waals surface area contributed by atoms with Crippen LogP contribution in [-0.2, 0) is 0 Å². The van der Waals surface area contributed by atoms with Gasteiger partial charge in [-0.3, -0.25) is 4.79 Å². The third-order valence-corrected chi connectivity index (χ3v) is 4.45. The molecule has 1 aliphatic rings. The molecule has 26 heavy (non-hydrogen) atoms. The van der Waals surface area contributed by atoms with E-state index in [1.54, 1.807) is 7.11 Å². The Morgan fingerprint density at radius 1 is 1.19 bits per heavy atom. The average molecular weight is 351 g/mol. The van der Waals surface area contributed by atoms with Gasteiger partial charge in [0.05, 0.1) is 19.2 Å². The number of aromatic nitrogens is 2. The van der Waals surface area contributed by atoms with Gasteiger partial charge in [0.25, 0.3) is 5.91 Å². The highest BCUT2D eigenvalue weighted by Crippen LogP contribution is 2.39. The van der Waals surface area contributed by atoms with Gasteiger partial charge >= 0.3 is 0 Å². The molecule has 0 saturated heterocycles. The van der Waals surface area contributed by atoms with Crippen molar-refractivity contribution < 1.29 is 14.3 Å². The molecular weight excluding hydrogens is 330 g/mol. The summed E-state index contributed by atoms with van der Waals surface area (Å²) in [6.45, 7) is 0.800. The molecule has 0 radical (unpaired) electrons. The number of nitrogens with zero attached hydrogens (tertiary/aromatic N) is 2. The van der Waals surface area contributed by atoms with E-state index in [9.17, 15) is 4.79 Å². The molecule has 1 aliphatic carbocycles. The maximum Gasteiger partial charge on any atom is 0.272 e. The highest BCUT2D eigenvalue weighted by Gasteiger charge is 2.30. The molecule has 1 saturated carbocycles.